The van der Waals surface area contributed by atoms with Crippen LogP contribution in [0.5, 0.6) is 0 Å². The van der Waals surface area contributed by atoms with Crippen molar-refractivity contribution in [1.82, 2.24) is 4.98 Å². The van der Waals surface area contributed by atoms with Gasteiger partial charge >= 0.3 is 0 Å². The highest BCUT2D eigenvalue weighted by Gasteiger charge is 2.49. The highest BCUT2D eigenvalue weighted by Crippen LogP contribution is 2.50. The van der Waals surface area contributed by atoms with Crippen molar-refractivity contribution in [3.05, 3.63) is 18.3 Å². The fraction of sp³-hybridized carbons (Fsp3) is 0.600. The summed E-state index contributed by atoms with van der Waals surface area (Å²) < 4.78 is 50.1. The Morgan fingerprint density at radius 3 is 2.67 bits per heavy atom. The summed E-state index contributed by atoms with van der Waals surface area (Å²) >= 11 is 0. The molecule has 1 heterocycles. The molecule has 1 aromatic rings. The average molecular weight is 359 g/mol. The third-order valence-corrected chi connectivity index (χ3v) is 5.54. The normalized spacial score (nSPS) is 26.8. The zero-order valence-electron chi connectivity index (χ0n) is 12.9. The number of halogens is 2. The van der Waals surface area contributed by atoms with Crippen LogP contribution in [-0.2, 0) is 14.8 Å². The molecule has 0 aliphatic heterocycles. The Bertz CT molecular complexity index is 750. The van der Waals surface area contributed by atoms with Gasteiger partial charge in [0.2, 0.25) is 11.8 Å². The summed E-state index contributed by atoms with van der Waals surface area (Å²) in [7, 11) is -4.00. The molecule has 2 saturated carbocycles. The van der Waals surface area contributed by atoms with Gasteiger partial charge in [-0.1, -0.05) is 0 Å². The molecule has 0 aromatic carbocycles. The number of nitrogens with two attached hydrogens (primary N) is 1. The van der Waals surface area contributed by atoms with E-state index in [1.165, 1.54) is 12.3 Å². The molecule has 0 bridgehead atoms. The lowest BCUT2D eigenvalue weighted by atomic mass is 9.74. The van der Waals surface area contributed by atoms with E-state index in [1.54, 1.807) is 0 Å². The van der Waals surface area contributed by atoms with E-state index < -0.39 is 34.2 Å². The number of pyridine rings is 1. The first kappa shape index (κ1) is 17.2. The second-order valence-electron chi connectivity index (χ2n) is 6.62. The highest BCUT2D eigenvalue weighted by atomic mass is 32.2. The summed E-state index contributed by atoms with van der Waals surface area (Å²) in [5.74, 6) is -3.80. The van der Waals surface area contributed by atoms with Gasteiger partial charge in [0.25, 0.3) is 10.0 Å². The minimum atomic E-state index is -4.00. The zero-order chi connectivity index (χ0) is 17.5. The predicted molar refractivity (Wildman–Crippen MR) is 82.7 cm³/mol. The number of hydrogen-bond donors (Lipinski definition) is 2. The van der Waals surface area contributed by atoms with Crippen LogP contribution >= 0.6 is 0 Å². The largest absolute Gasteiger partial charge is 0.326 e. The molecule has 9 heteroatoms. The Balaban J connectivity index is 1.77. The number of nitrogens with one attached hydrogen (secondary N) is 1. The van der Waals surface area contributed by atoms with E-state index in [4.69, 9.17) is 5.14 Å². The molecule has 24 heavy (non-hydrogen) atoms. The maximum absolute atomic E-state index is 13.7. The van der Waals surface area contributed by atoms with E-state index in [-0.39, 0.29) is 23.1 Å². The first-order chi connectivity index (χ1) is 11.2. The molecule has 0 radical (unpaired) electrons. The van der Waals surface area contributed by atoms with Crippen molar-refractivity contribution >= 4 is 21.6 Å². The minimum absolute atomic E-state index is 0.0378. The number of nitrogens with zero attached hydrogens (tertiary/aromatic N) is 1. The lowest BCUT2D eigenvalue weighted by Crippen LogP contribution is -2.40. The lowest BCUT2D eigenvalue weighted by Gasteiger charge is -2.35. The Hall–Kier alpha value is -1.61. The topological polar surface area (TPSA) is 102 Å². The number of sulfonamides is 1. The molecule has 0 spiro atoms. The van der Waals surface area contributed by atoms with Gasteiger partial charge in [-0.3, -0.25) is 4.79 Å². The highest BCUT2D eigenvalue weighted by molar-refractivity contribution is 7.89. The molecule has 1 unspecified atom stereocenters. The lowest BCUT2D eigenvalue weighted by molar-refractivity contribution is -0.132. The van der Waals surface area contributed by atoms with Crippen LogP contribution < -0.4 is 10.5 Å². The van der Waals surface area contributed by atoms with Crippen LogP contribution in [0.15, 0.2) is 23.4 Å². The number of alkyl halides is 2. The average Bonchev–Trinajstić information content (AvgIpc) is 3.30. The predicted octanol–water partition coefficient (Wildman–Crippen LogP) is 2.13. The van der Waals surface area contributed by atoms with Crippen molar-refractivity contribution in [2.24, 2.45) is 22.9 Å². The molecule has 132 valence electrons. The van der Waals surface area contributed by atoms with E-state index in [0.29, 0.717) is 12.3 Å². The molecule has 2 aliphatic rings. The monoisotopic (exact) mass is 359 g/mol. The Morgan fingerprint density at radius 1 is 1.33 bits per heavy atom. The number of amides is 1. The van der Waals surface area contributed by atoms with Gasteiger partial charge in [-0.05, 0) is 37.2 Å². The maximum Gasteiger partial charge on any atom is 0.255 e. The Kier molecular flexibility index (Phi) is 4.33. The molecule has 0 saturated heterocycles. The van der Waals surface area contributed by atoms with Gasteiger partial charge in [-0.15, -0.1) is 0 Å². The third-order valence-electron chi connectivity index (χ3n) is 4.74. The van der Waals surface area contributed by atoms with Crippen molar-refractivity contribution in [3.8, 4) is 0 Å². The minimum Gasteiger partial charge on any atom is -0.326 e. The summed E-state index contributed by atoms with van der Waals surface area (Å²) in [6.07, 6.45) is 2.85. The first-order valence-corrected chi connectivity index (χ1v) is 9.38. The number of aromatic nitrogens is 1. The van der Waals surface area contributed by atoms with Crippen molar-refractivity contribution in [2.45, 2.75) is 43.1 Å². The quantitative estimate of drug-likeness (QED) is 0.859. The van der Waals surface area contributed by atoms with Gasteiger partial charge < -0.3 is 5.32 Å². The molecule has 2 aliphatic carbocycles. The van der Waals surface area contributed by atoms with Gasteiger partial charge in [0.15, 0.2) is 5.03 Å². The number of carbonyl (C=O) groups is 1. The van der Waals surface area contributed by atoms with Crippen molar-refractivity contribution in [3.63, 3.8) is 0 Å². The van der Waals surface area contributed by atoms with Crippen LogP contribution in [0.3, 0.4) is 0 Å². The van der Waals surface area contributed by atoms with Crippen molar-refractivity contribution in [2.75, 3.05) is 5.32 Å². The molecular weight excluding hydrogens is 340 g/mol. The van der Waals surface area contributed by atoms with Crippen LogP contribution in [0, 0.1) is 17.8 Å². The molecular formula is C15H19F2N3O3S. The molecule has 6 nitrogen and oxygen atoms in total. The van der Waals surface area contributed by atoms with Crippen molar-refractivity contribution < 1.29 is 22.0 Å². The maximum atomic E-state index is 13.7. The number of hydrogen-bond acceptors (Lipinski definition) is 4. The standard InChI is InChI=1S/C15H19F2N3O3S/c16-15(17)5-3-11(9-1-2-9)12(8-15)14(21)20-10-4-6-19-13(7-10)24(18,22)23/h4,6-7,9,11-12H,1-3,5,8H2,(H2,18,22,23)(H,19,20,21)/t11-,12?/m1/s1. The van der Waals surface area contributed by atoms with Gasteiger partial charge in [0, 0.05) is 36.7 Å². The van der Waals surface area contributed by atoms with Gasteiger partial charge in [-0.25, -0.2) is 27.3 Å². The summed E-state index contributed by atoms with van der Waals surface area (Å²) in [6, 6.07) is 2.53. The van der Waals surface area contributed by atoms with E-state index in [9.17, 15) is 22.0 Å². The van der Waals surface area contributed by atoms with Crippen LogP contribution in [-0.4, -0.2) is 25.2 Å². The summed E-state index contributed by atoms with van der Waals surface area (Å²) in [5, 5.41) is 7.16. The summed E-state index contributed by atoms with van der Waals surface area (Å²) in [4.78, 5) is 16.1. The Morgan fingerprint density at radius 2 is 2.04 bits per heavy atom. The smallest absolute Gasteiger partial charge is 0.255 e. The van der Waals surface area contributed by atoms with Gasteiger partial charge in [-0.2, -0.15) is 0 Å². The van der Waals surface area contributed by atoms with E-state index in [0.717, 1.165) is 18.9 Å². The first-order valence-electron chi connectivity index (χ1n) is 7.83. The van der Waals surface area contributed by atoms with E-state index >= 15 is 0 Å². The second-order valence-corrected chi connectivity index (χ2v) is 8.13. The number of carbonyl (C=O) groups excluding carboxylic acids is 1. The molecule has 1 aromatic heterocycles. The summed E-state index contributed by atoms with van der Waals surface area (Å²) in [6.45, 7) is 0. The number of primary sulfonamides is 1. The molecule has 1 amide bonds. The van der Waals surface area contributed by atoms with Crippen LogP contribution in [0.25, 0.3) is 0 Å². The van der Waals surface area contributed by atoms with E-state index in [2.05, 4.69) is 10.3 Å². The second kappa shape index (κ2) is 6.03. The summed E-state index contributed by atoms with van der Waals surface area (Å²) in [5.41, 5.74) is 0.183. The number of anilines is 1. The van der Waals surface area contributed by atoms with Crippen LogP contribution in [0.4, 0.5) is 14.5 Å². The van der Waals surface area contributed by atoms with Crippen molar-refractivity contribution in [1.29, 1.82) is 0 Å². The van der Waals surface area contributed by atoms with Crippen LogP contribution in [0.1, 0.15) is 32.1 Å². The van der Waals surface area contributed by atoms with Crippen LogP contribution in [0.2, 0.25) is 0 Å². The fourth-order valence-corrected chi connectivity index (χ4v) is 3.91. The SMILES string of the molecule is NS(=O)(=O)c1cc(NC(=O)C2CC(F)(F)CC[C@@H]2C2CC2)ccn1. The van der Waals surface area contributed by atoms with E-state index in [1.807, 2.05) is 0 Å². The number of rotatable bonds is 4. The molecule has 3 N–H and O–H groups in total. The molecule has 3 rings (SSSR count). The third kappa shape index (κ3) is 3.89. The Labute approximate surface area is 138 Å². The van der Waals surface area contributed by atoms with Gasteiger partial charge in [0.1, 0.15) is 0 Å². The molecule has 2 atom stereocenters. The fourth-order valence-electron chi connectivity index (χ4n) is 3.41. The zero-order valence-corrected chi connectivity index (χ0v) is 13.7. The van der Waals surface area contributed by atoms with Gasteiger partial charge in [0.05, 0.1) is 0 Å². The molecule has 2 fully saturated rings.